The number of halogens is 2. The van der Waals surface area contributed by atoms with Crippen LogP contribution in [0.25, 0.3) is 10.9 Å². The highest BCUT2D eigenvalue weighted by Gasteiger charge is 2.14. The van der Waals surface area contributed by atoms with Gasteiger partial charge in [-0.25, -0.2) is 13.6 Å². The number of pyridine rings is 1. The highest BCUT2D eigenvalue weighted by molar-refractivity contribution is 6.00. The third-order valence-corrected chi connectivity index (χ3v) is 5.04. The van der Waals surface area contributed by atoms with E-state index in [9.17, 15) is 13.6 Å². The molecule has 3 aromatic carbocycles. The molecule has 8 nitrogen and oxygen atoms in total. The zero-order valence-electron chi connectivity index (χ0n) is 19.0. The first kappa shape index (κ1) is 23.6. The average Bonchev–Trinajstić information content (AvgIpc) is 2.86. The van der Waals surface area contributed by atoms with E-state index in [4.69, 9.17) is 18.9 Å². The van der Waals surface area contributed by atoms with Crippen LogP contribution in [0.2, 0.25) is 0 Å². The SMILES string of the molecule is COc1cc(Oc2ccnc3cc(OC)c(OC)cc23)ccc1NC(=O)Nc1ccc(F)cc1F. The predicted octanol–water partition coefficient (Wildman–Crippen LogP) is 5.98. The molecule has 0 aliphatic heterocycles. The van der Waals surface area contributed by atoms with E-state index in [1.807, 2.05) is 0 Å². The minimum absolute atomic E-state index is 0.167. The zero-order chi connectivity index (χ0) is 24.9. The van der Waals surface area contributed by atoms with E-state index in [1.54, 1.807) is 49.7 Å². The van der Waals surface area contributed by atoms with E-state index in [0.717, 1.165) is 12.1 Å². The lowest BCUT2D eigenvalue weighted by Crippen LogP contribution is -2.20. The van der Waals surface area contributed by atoms with Gasteiger partial charge in [-0.2, -0.15) is 0 Å². The van der Waals surface area contributed by atoms with Gasteiger partial charge in [-0.1, -0.05) is 0 Å². The van der Waals surface area contributed by atoms with Crippen molar-refractivity contribution in [2.45, 2.75) is 0 Å². The fourth-order valence-electron chi connectivity index (χ4n) is 3.37. The van der Waals surface area contributed by atoms with Crippen molar-refractivity contribution in [3.05, 3.63) is 72.4 Å². The third-order valence-electron chi connectivity index (χ3n) is 5.04. The van der Waals surface area contributed by atoms with Crippen molar-refractivity contribution in [1.29, 1.82) is 0 Å². The summed E-state index contributed by atoms with van der Waals surface area (Å²) in [5, 5.41) is 5.59. The molecule has 2 N–H and O–H groups in total. The first-order chi connectivity index (χ1) is 16.9. The maximum atomic E-state index is 13.8. The van der Waals surface area contributed by atoms with Crippen LogP contribution >= 0.6 is 0 Å². The van der Waals surface area contributed by atoms with Crippen LogP contribution in [-0.4, -0.2) is 32.3 Å². The van der Waals surface area contributed by atoms with Crippen LogP contribution in [0.3, 0.4) is 0 Å². The Morgan fingerprint density at radius 1 is 0.771 bits per heavy atom. The summed E-state index contributed by atoms with van der Waals surface area (Å²) in [5.74, 6) is 0.678. The molecular formula is C25H21F2N3O5. The predicted molar refractivity (Wildman–Crippen MR) is 127 cm³/mol. The number of methoxy groups -OCH3 is 3. The molecule has 0 aliphatic rings. The van der Waals surface area contributed by atoms with Gasteiger partial charge < -0.3 is 29.6 Å². The van der Waals surface area contributed by atoms with Gasteiger partial charge in [0.05, 0.1) is 38.2 Å². The number of aromatic nitrogens is 1. The lowest BCUT2D eigenvalue weighted by molar-refractivity contribution is 0.262. The highest BCUT2D eigenvalue weighted by atomic mass is 19.1. The number of ether oxygens (including phenoxy) is 4. The number of anilines is 2. The Morgan fingerprint density at radius 2 is 1.46 bits per heavy atom. The number of benzene rings is 3. The number of rotatable bonds is 7. The molecule has 2 amide bonds. The highest BCUT2D eigenvalue weighted by Crippen LogP contribution is 2.38. The third kappa shape index (κ3) is 5.16. The lowest BCUT2D eigenvalue weighted by Gasteiger charge is -2.15. The minimum Gasteiger partial charge on any atom is -0.494 e. The number of nitrogens with zero attached hydrogens (tertiary/aromatic N) is 1. The smallest absolute Gasteiger partial charge is 0.323 e. The van der Waals surface area contributed by atoms with Crippen LogP contribution in [0.15, 0.2) is 60.8 Å². The van der Waals surface area contributed by atoms with Gasteiger partial charge in [-0.15, -0.1) is 0 Å². The van der Waals surface area contributed by atoms with Crippen LogP contribution in [0, 0.1) is 11.6 Å². The van der Waals surface area contributed by atoms with Gasteiger partial charge in [0, 0.05) is 29.8 Å². The van der Waals surface area contributed by atoms with Gasteiger partial charge >= 0.3 is 6.03 Å². The lowest BCUT2D eigenvalue weighted by atomic mass is 10.2. The number of carbonyl (C=O) groups excluding carboxylic acids is 1. The maximum Gasteiger partial charge on any atom is 0.323 e. The second-order valence-electron chi connectivity index (χ2n) is 7.20. The average molecular weight is 481 g/mol. The fraction of sp³-hybridized carbons (Fsp3) is 0.120. The first-order valence-electron chi connectivity index (χ1n) is 10.3. The summed E-state index contributed by atoms with van der Waals surface area (Å²) >= 11 is 0. The van der Waals surface area contributed by atoms with Crippen molar-refractivity contribution in [3.63, 3.8) is 0 Å². The van der Waals surface area contributed by atoms with Gasteiger partial charge in [0.15, 0.2) is 11.5 Å². The summed E-state index contributed by atoms with van der Waals surface area (Å²) in [5.41, 5.74) is 0.792. The maximum absolute atomic E-state index is 13.8. The zero-order valence-corrected chi connectivity index (χ0v) is 19.0. The normalized spacial score (nSPS) is 10.5. The van der Waals surface area contributed by atoms with Gasteiger partial charge in [-0.3, -0.25) is 4.98 Å². The van der Waals surface area contributed by atoms with Gasteiger partial charge in [0.25, 0.3) is 0 Å². The Kier molecular flexibility index (Phi) is 6.81. The molecule has 0 bridgehead atoms. The second kappa shape index (κ2) is 10.1. The molecular weight excluding hydrogens is 460 g/mol. The van der Waals surface area contributed by atoms with Crippen molar-refractivity contribution in [1.82, 2.24) is 4.98 Å². The van der Waals surface area contributed by atoms with Crippen LogP contribution in [0.4, 0.5) is 25.0 Å². The Hall–Kier alpha value is -4.60. The minimum atomic E-state index is -0.894. The number of fused-ring (bicyclic) bond motifs is 1. The van der Waals surface area contributed by atoms with E-state index in [2.05, 4.69) is 15.6 Å². The molecule has 1 heterocycles. The molecule has 1 aromatic heterocycles. The molecule has 0 unspecified atom stereocenters. The Bertz CT molecular complexity index is 1400. The number of nitrogens with one attached hydrogen (secondary N) is 2. The van der Waals surface area contributed by atoms with Crippen molar-refractivity contribution in [2.75, 3.05) is 32.0 Å². The van der Waals surface area contributed by atoms with Gasteiger partial charge in [0.2, 0.25) is 0 Å². The quantitative estimate of drug-likeness (QED) is 0.338. The van der Waals surface area contributed by atoms with Crippen molar-refractivity contribution in [3.8, 4) is 28.7 Å². The number of amides is 2. The van der Waals surface area contributed by atoms with E-state index in [-0.39, 0.29) is 5.69 Å². The Labute approximate surface area is 199 Å². The molecule has 0 radical (unpaired) electrons. The summed E-state index contributed by atoms with van der Waals surface area (Å²) in [4.78, 5) is 16.7. The van der Waals surface area contributed by atoms with Crippen molar-refractivity contribution >= 4 is 28.3 Å². The monoisotopic (exact) mass is 481 g/mol. The fourth-order valence-corrected chi connectivity index (χ4v) is 3.37. The molecule has 0 spiro atoms. The molecule has 0 atom stereocenters. The van der Waals surface area contributed by atoms with Gasteiger partial charge in [-0.05, 0) is 36.4 Å². The topological polar surface area (TPSA) is 90.9 Å². The van der Waals surface area contributed by atoms with Crippen LogP contribution in [-0.2, 0) is 0 Å². The summed E-state index contributed by atoms with van der Waals surface area (Å²) in [7, 11) is 4.51. The molecule has 35 heavy (non-hydrogen) atoms. The standard InChI is InChI=1S/C25H21F2N3O5/c1-32-22-11-15(5-7-19(22)30-25(31)29-18-6-4-14(26)10-17(18)27)35-21-8-9-28-20-13-24(34-3)23(33-2)12-16(20)21/h4-13H,1-3H3,(H2,29,30,31). The van der Waals surface area contributed by atoms with E-state index in [1.165, 1.54) is 14.2 Å². The Balaban J connectivity index is 1.56. The molecule has 0 saturated carbocycles. The summed E-state index contributed by atoms with van der Waals surface area (Å²) < 4.78 is 49.0. The summed E-state index contributed by atoms with van der Waals surface area (Å²) in [6.45, 7) is 0. The van der Waals surface area contributed by atoms with Crippen LogP contribution in [0.1, 0.15) is 0 Å². The molecule has 4 aromatic rings. The van der Waals surface area contributed by atoms with Crippen molar-refractivity contribution in [2.24, 2.45) is 0 Å². The molecule has 0 saturated heterocycles. The summed E-state index contributed by atoms with van der Waals surface area (Å²) in [6, 6.07) is 12.1. The molecule has 0 fully saturated rings. The van der Waals surface area contributed by atoms with Crippen LogP contribution in [0.5, 0.6) is 28.7 Å². The number of hydrogen-bond donors (Lipinski definition) is 2. The summed E-state index contributed by atoms with van der Waals surface area (Å²) in [6.07, 6.45) is 1.61. The largest absolute Gasteiger partial charge is 0.494 e. The number of carbonyl (C=O) groups is 1. The molecule has 0 aliphatic carbocycles. The van der Waals surface area contributed by atoms with Crippen molar-refractivity contribution < 1.29 is 32.5 Å². The second-order valence-corrected chi connectivity index (χ2v) is 7.20. The number of urea groups is 1. The first-order valence-corrected chi connectivity index (χ1v) is 10.3. The molecule has 180 valence electrons. The van der Waals surface area contributed by atoms with E-state index >= 15 is 0 Å². The van der Waals surface area contributed by atoms with Gasteiger partial charge in [0.1, 0.15) is 28.9 Å². The molecule has 4 rings (SSSR count). The molecule has 10 heteroatoms. The van der Waals surface area contributed by atoms with Crippen LogP contribution < -0.4 is 29.6 Å². The Morgan fingerprint density at radius 3 is 2.17 bits per heavy atom. The van der Waals surface area contributed by atoms with E-state index < -0.39 is 17.7 Å². The number of hydrogen-bond acceptors (Lipinski definition) is 6. The van der Waals surface area contributed by atoms with E-state index in [0.29, 0.717) is 51.4 Å².